The Morgan fingerprint density at radius 1 is 1.03 bits per heavy atom. The fraction of sp³-hybridized carbons (Fsp3) is 0.222. The van der Waals surface area contributed by atoms with Crippen LogP contribution < -0.4 is 10.2 Å². The number of anilines is 2. The molecule has 1 fully saturated rings. The van der Waals surface area contributed by atoms with E-state index in [-0.39, 0.29) is 30.7 Å². The van der Waals surface area contributed by atoms with E-state index in [0.29, 0.717) is 35.6 Å². The first kappa shape index (κ1) is 22.0. The summed E-state index contributed by atoms with van der Waals surface area (Å²) in [5, 5.41) is 2.86. The van der Waals surface area contributed by atoms with Crippen LogP contribution in [0.1, 0.15) is 36.5 Å². The summed E-state index contributed by atoms with van der Waals surface area (Å²) in [7, 11) is 0. The number of imidazole rings is 1. The van der Waals surface area contributed by atoms with Crippen molar-refractivity contribution >= 4 is 40.1 Å². The molecule has 0 spiro atoms. The predicted molar refractivity (Wildman–Crippen MR) is 135 cm³/mol. The van der Waals surface area contributed by atoms with Gasteiger partial charge >= 0.3 is 0 Å². The van der Waals surface area contributed by atoms with E-state index in [2.05, 4.69) is 15.3 Å². The number of pyridine rings is 1. The highest BCUT2D eigenvalue weighted by molar-refractivity contribution is 6.10. The SMILES string of the molecule is CC12CCC(=O)N1c1ccccc1C(=O)N2CCC(=O)Nc1ccc(-n2cnc3ccccc32)nc1. The Kier molecular flexibility index (Phi) is 5.06. The van der Waals surface area contributed by atoms with Crippen molar-refractivity contribution in [3.8, 4) is 5.82 Å². The first-order chi connectivity index (χ1) is 17.5. The summed E-state index contributed by atoms with van der Waals surface area (Å²) < 4.78 is 1.89. The smallest absolute Gasteiger partial charge is 0.257 e. The Balaban J connectivity index is 1.16. The van der Waals surface area contributed by atoms with Crippen LogP contribution in [-0.4, -0.2) is 49.4 Å². The molecule has 1 N–H and O–H groups in total. The molecule has 4 aromatic rings. The van der Waals surface area contributed by atoms with Crippen LogP contribution in [0.4, 0.5) is 11.4 Å². The van der Waals surface area contributed by atoms with Crippen LogP contribution >= 0.6 is 0 Å². The minimum atomic E-state index is -0.778. The standard InChI is InChI=1S/C27H24N6O3/c1-27-14-12-25(35)33(27)21-8-4-2-6-19(21)26(36)32(27)15-13-24(34)30-18-10-11-23(28-16-18)31-17-29-20-7-3-5-9-22(20)31/h2-11,16-17H,12-15H2,1H3,(H,30,34). The molecule has 180 valence electrons. The third-order valence-corrected chi connectivity index (χ3v) is 7.04. The lowest BCUT2D eigenvalue weighted by Crippen LogP contribution is -2.62. The molecular weight excluding hydrogens is 456 g/mol. The zero-order chi connectivity index (χ0) is 24.9. The van der Waals surface area contributed by atoms with Gasteiger partial charge in [0.25, 0.3) is 5.91 Å². The van der Waals surface area contributed by atoms with E-state index in [1.54, 1.807) is 40.5 Å². The maximum atomic E-state index is 13.3. The molecule has 0 aliphatic carbocycles. The maximum absolute atomic E-state index is 13.3. The second-order valence-corrected chi connectivity index (χ2v) is 9.23. The van der Waals surface area contributed by atoms with E-state index in [0.717, 1.165) is 11.0 Å². The van der Waals surface area contributed by atoms with Crippen LogP contribution in [0.5, 0.6) is 0 Å². The normalized spacial score (nSPS) is 18.9. The summed E-state index contributed by atoms with van der Waals surface area (Å²) in [4.78, 5) is 51.0. The van der Waals surface area contributed by atoms with Crippen molar-refractivity contribution in [1.29, 1.82) is 0 Å². The fourth-order valence-corrected chi connectivity index (χ4v) is 5.22. The van der Waals surface area contributed by atoms with Crippen molar-refractivity contribution in [2.24, 2.45) is 0 Å². The minimum absolute atomic E-state index is 0.0104. The zero-order valence-corrected chi connectivity index (χ0v) is 19.7. The van der Waals surface area contributed by atoms with Crippen LogP contribution in [0.3, 0.4) is 0 Å². The Morgan fingerprint density at radius 2 is 1.83 bits per heavy atom. The van der Waals surface area contributed by atoms with Gasteiger partial charge in [-0.25, -0.2) is 9.97 Å². The number of nitrogens with one attached hydrogen (secondary N) is 1. The van der Waals surface area contributed by atoms with Crippen molar-refractivity contribution in [3.63, 3.8) is 0 Å². The lowest BCUT2D eigenvalue weighted by atomic mass is 9.98. The van der Waals surface area contributed by atoms with Gasteiger partial charge in [0.2, 0.25) is 11.8 Å². The summed E-state index contributed by atoms with van der Waals surface area (Å²) in [5.41, 5.74) is 2.74. The number of benzene rings is 2. The van der Waals surface area contributed by atoms with Crippen molar-refractivity contribution in [1.82, 2.24) is 19.4 Å². The van der Waals surface area contributed by atoms with Crippen molar-refractivity contribution in [2.45, 2.75) is 31.8 Å². The number of hydrogen-bond acceptors (Lipinski definition) is 5. The first-order valence-electron chi connectivity index (χ1n) is 11.9. The number of aromatic nitrogens is 3. The van der Waals surface area contributed by atoms with Crippen LogP contribution in [0.25, 0.3) is 16.9 Å². The monoisotopic (exact) mass is 480 g/mol. The summed E-state index contributed by atoms with van der Waals surface area (Å²) in [6.45, 7) is 2.10. The number of carbonyl (C=O) groups is 3. The van der Waals surface area contributed by atoms with Gasteiger partial charge in [-0.3, -0.25) is 23.9 Å². The highest BCUT2D eigenvalue weighted by Crippen LogP contribution is 2.44. The average molecular weight is 481 g/mol. The molecule has 2 aliphatic heterocycles. The van der Waals surface area contributed by atoms with Crippen LogP contribution in [-0.2, 0) is 9.59 Å². The molecule has 4 heterocycles. The number of fused-ring (bicyclic) bond motifs is 4. The number of amides is 3. The van der Waals surface area contributed by atoms with Crippen LogP contribution in [0.2, 0.25) is 0 Å². The van der Waals surface area contributed by atoms with Gasteiger partial charge in [-0.05, 0) is 49.7 Å². The molecule has 6 rings (SSSR count). The summed E-state index contributed by atoms with van der Waals surface area (Å²) in [6, 6.07) is 18.5. The van der Waals surface area contributed by atoms with E-state index < -0.39 is 5.66 Å². The summed E-state index contributed by atoms with van der Waals surface area (Å²) in [5.74, 6) is 0.288. The first-order valence-corrected chi connectivity index (χ1v) is 11.9. The topological polar surface area (TPSA) is 100 Å². The summed E-state index contributed by atoms with van der Waals surface area (Å²) in [6.07, 6.45) is 4.31. The van der Waals surface area contributed by atoms with Crippen molar-refractivity contribution in [2.75, 3.05) is 16.8 Å². The third kappa shape index (κ3) is 3.43. The van der Waals surface area contributed by atoms with Gasteiger partial charge in [0, 0.05) is 19.4 Å². The Morgan fingerprint density at radius 3 is 2.67 bits per heavy atom. The molecule has 0 saturated carbocycles. The summed E-state index contributed by atoms with van der Waals surface area (Å²) >= 11 is 0. The number of nitrogens with zero attached hydrogens (tertiary/aromatic N) is 5. The van der Waals surface area contributed by atoms with Gasteiger partial charge in [-0.15, -0.1) is 0 Å². The second-order valence-electron chi connectivity index (χ2n) is 9.23. The molecule has 1 saturated heterocycles. The maximum Gasteiger partial charge on any atom is 0.257 e. The fourth-order valence-electron chi connectivity index (χ4n) is 5.22. The predicted octanol–water partition coefficient (Wildman–Crippen LogP) is 3.75. The molecular formula is C27H24N6O3. The molecule has 1 atom stereocenters. The van der Waals surface area contributed by atoms with Gasteiger partial charge in [0.15, 0.2) is 0 Å². The molecule has 0 radical (unpaired) electrons. The molecule has 2 aromatic carbocycles. The lowest BCUT2D eigenvalue weighted by molar-refractivity contribution is -0.117. The van der Waals surface area contributed by atoms with Gasteiger partial charge in [-0.1, -0.05) is 24.3 Å². The largest absolute Gasteiger partial charge is 0.325 e. The lowest BCUT2D eigenvalue weighted by Gasteiger charge is -2.48. The second kappa shape index (κ2) is 8.30. The van der Waals surface area contributed by atoms with E-state index in [9.17, 15) is 14.4 Å². The number of para-hydroxylation sites is 3. The van der Waals surface area contributed by atoms with Crippen molar-refractivity contribution in [3.05, 3.63) is 78.8 Å². The highest BCUT2D eigenvalue weighted by Gasteiger charge is 2.52. The van der Waals surface area contributed by atoms with Crippen LogP contribution in [0.15, 0.2) is 73.2 Å². The molecule has 1 unspecified atom stereocenters. The zero-order valence-electron chi connectivity index (χ0n) is 19.7. The number of carbonyl (C=O) groups excluding carboxylic acids is 3. The Hall–Kier alpha value is -4.53. The molecule has 0 bridgehead atoms. The van der Waals surface area contributed by atoms with E-state index in [1.807, 2.05) is 54.0 Å². The van der Waals surface area contributed by atoms with Crippen molar-refractivity contribution < 1.29 is 14.4 Å². The molecule has 9 nitrogen and oxygen atoms in total. The quantitative estimate of drug-likeness (QED) is 0.469. The van der Waals surface area contributed by atoms with Gasteiger partial charge in [0.05, 0.1) is 34.2 Å². The number of rotatable bonds is 5. The van der Waals surface area contributed by atoms with E-state index in [4.69, 9.17) is 0 Å². The number of hydrogen-bond donors (Lipinski definition) is 1. The molecule has 36 heavy (non-hydrogen) atoms. The Bertz CT molecular complexity index is 1510. The third-order valence-electron chi connectivity index (χ3n) is 7.04. The molecule has 9 heteroatoms. The highest BCUT2D eigenvalue weighted by atomic mass is 16.2. The molecule has 3 amide bonds. The van der Waals surface area contributed by atoms with Gasteiger partial charge < -0.3 is 10.2 Å². The average Bonchev–Trinajstić information content (AvgIpc) is 3.45. The molecule has 2 aromatic heterocycles. The van der Waals surface area contributed by atoms with Gasteiger partial charge in [0.1, 0.15) is 17.8 Å². The van der Waals surface area contributed by atoms with E-state index >= 15 is 0 Å². The van der Waals surface area contributed by atoms with E-state index in [1.165, 1.54) is 0 Å². The molecule has 2 aliphatic rings. The van der Waals surface area contributed by atoms with Gasteiger partial charge in [-0.2, -0.15) is 0 Å². The van der Waals surface area contributed by atoms with Crippen LogP contribution in [0, 0.1) is 0 Å². The Labute approximate surface area is 207 Å². The minimum Gasteiger partial charge on any atom is -0.325 e.